The maximum atomic E-state index is 13.2. The predicted molar refractivity (Wildman–Crippen MR) is 125 cm³/mol. The number of carbonyl (C=O) groups is 2. The van der Waals surface area contributed by atoms with Crippen LogP contribution in [-0.4, -0.2) is 68.9 Å². The highest BCUT2D eigenvalue weighted by atomic mass is 32.2. The highest BCUT2D eigenvalue weighted by Crippen LogP contribution is 2.22. The van der Waals surface area contributed by atoms with E-state index in [-0.39, 0.29) is 22.8 Å². The Morgan fingerprint density at radius 2 is 1.73 bits per heavy atom. The normalized spacial score (nSPS) is 18.9. The van der Waals surface area contributed by atoms with Gasteiger partial charge in [0.1, 0.15) is 6.10 Å². The maximum absolute atomic E-state index is 13.2. The summed E-state index contributed by atoms with van der Waals surface area (Å²) in [6.45, 7) is 5.97. The summed E-state index contributed by atoms with van der Waals surface area (Å²) in [4.78, 5) is 29.2. The summed E-state index contributed by atoms with van der Waals surface area (Å²) >= 11 is 0. The topological polar surface area (TPSA) is 96.0 Å². The molecule has 33 heavy (non-hydrogen) atoms. The van der Waals surface area contributed by atoms with Crippen LogP contribution in [-0.2, 0) is 19.6 Å². The molecular formula is C24H29N3O5S. The molecule has 2 aromatic carbocycles. The number of nitrogens with one attached hydrogen (secondary N) is 1. The molecule has 2 aliphatic rings. The molecular weight excluding hydrogens is 442 g/mol. The van der Waals surface area contributed by atoms with Gasteiger partial charge < -0.3 is 14.5 Å². The van der Waals surface area contributed by atoms with Crippen molar-refractivity contribution in [3.8, 4) is 0 Å². The van der Waals surface area contributed by atoms with Gasteiger partial charge in [-0.3, -0.25) is 14.3 Å². The molecule has 0 aliphatic carbocycles. The molecule has 2 fully saturated rings. The number of ether oxygens (including phenoxy) is 1. The van der Waals surface area contributed by atoms with Gasteiger partial charge in [0, 0.05) is 44.0 Å². The number of aryl methyl sites for hydroxylation is 2. The van der Waals surface area contributed by atoms with E-state index in [4.69, 9.17) is 4.74 Å². The van der Waals surface area contributed by atoms with Crippen molar-refractivity contribution in [1.82, 2.24) is 9.80 Å². The van der Waals surface area contributed by atoms with E-state index in [1.807, 2.05) is 13.0 Å². The monoisotopic (exact) mass is 471 g/mol. The van der Waals surface area contributed by atoms with Gasteiger partial charge in [0.05, 0.1) is 4.90 Å². The highest BCUT2D eigenvalue weighted by Gasteiger charge is 2.32. The van der Waals surface area contributed by atoms with Gasteiger partial charge >= 0.3 is 0 Å². The molecule has 8 nitrogen and oxygen atoms in total. The van der Waals surface area contributed by atoms with Crippen LogP contribution in [0.15, 0.2) is 47.4 Å². The van der Waals surface area contributed by atoms with Crippen molar-refractivity contribution in [2.75, 3.05) is 37.5 Å². The van der Waals surface area contributed by atoms with Crippen molar-refractivity contribution >= 4 is 27.5 Å². The van der Waals surface area contributed by atoms with Crippen LogP contribution in [0.4, 0.5) is 5.69 Å². The largest absolute Gasteiger partial charge is 0.368 e. The summed E-state index contributed by atoms with van der Waals surface area (Å²) in [5.74, 6) is -0.240. The zero-order chi connectivity index (χ0) is 23.6. The lowest BCUT2D eigenvalue weighted by Crippen LogP contribution is -2.52. The second-order valence-corrected chi connectivity index (χ2v) is 10.3. The summed E-state index contributed by atoms with van der Waals surface area (Å²) < 4.78 is 33.9. The number of benzene rings is 2. The van der Waals surface area contributed by atoms with Gasteiger partial charge in [-0.15, -0.1) is 0 Å². The lowest BCUT2D eigenvalue weighted by Gasteiger charge is -2.36. The molecule has 4 rings (SSSR count). The van der Waals surface area contributed by atoms with Crippen molar-refractivity contribution in [2.45, 2.75) is 37.7 Å². The van der Waals surface area contributed by atoms with E-state index in [0.29, 0.717) is 49.6 Å². The Kier molecular flexibility index (Phi) is 6.71. The molecule has 1 unspecified atom stereocenters. The van der Waals surface area contributed by atoms with E-state index in [9.17, 15) is 18.0 Å². The van der Waals surface area contributed by atoms with E-state index in [1.54, 1.807) is 41.0 Å². The lowest BCUT2D eigenvalue weighted by atomic mass is 10.1. The van der Waals surface area contributed by atoms with Crippen LogP contribution in [0.3, 0.4) is 0 Å². The number of hydrogen-bond donors (Lipinski definition) is 1. The Bertz CT molecular complexity index is 1150. The first-order valence-electron chi connectivity index (χ1n) is 11.1. The number of carbonyl (C=O) groups excluding carboxylic acids is 2. The molecule has 0 bridgehead atoms. The average molecular weight is 472 g/mol. The number of piperazine rings is 1. The molecule has 1 N–H and O–H groups in total. The lowest BCUT2D eigenvalue weighted by molar-refractivity contribution is -0.142. The molecule has 0 spiro atoms. The third-order valence-corrected chi connectivity index (χ3v) is 7.48. The van der Waals surface area contributed by atoms with Crippen molar-refractivity contribution < 1.29 is 22.7 Å². The minimum absolute atomic E-state index is 0.00825. The predicted octanol–water partition coefficient (Wildman–Crippen LogP) is 2.57. The van der Waals surface area contributed by atoms with Crippen LogP contribution < -0.4 is 4.72 Å². The SMILES string of the molecule is Cc1cccc(NS(=O)(=O)c2ccc(C)c(C(=O)N3CCN(C(=O)C4CCCO4)CC3)c2)c1. The van der Waals surface area contributed by atoms with Gasteiger partial charge in [-0.25, -0.2) is 8.42 Å². The zero-order valence-corrected chi connectivity index (χ0v) is 19.7. The van der Waals surface area contributed by atoms with Crippen LogP contribution >= 0.6 is 0 Å². The van der Waals surface area contributed by atoms with Crippen LogP contribution in [0, 0.1) is 13.8 Å². The van der Waals surface area contributed by atoms with E-state index in [0.717, 1.165) is 18.4 Å². The molecule has 0 saturated carbocycles. The number of sulfonamides is 1. The molecule has 0 radical (unpaired) electrons. The summed E-state index contributed by atoms with van der Waals surface area (Å²) in [6.07, 6.45) is 1.28. The molecule has 0 aromatic heterocycles. The Labute approximate surface area is 194 Å². The quantitative estimate of drug-likeness (QED) is 0.723. The first-order chi connectivity index (χ1) is 15.7. The smallest absolute Gasteiger partial charge is 0.261 e. The van der Waals surface area contributed by atoms with Crippen LogP contribution in [0.5, 0.6) is 0 Å². The Balaban J connectivity index is 1.46. The highest BCUT2D eigenvalue weighted by molar-refractivity contribution is 7.92. The molecule has 2 aliphatic heterocycles. The van der Waals surface area contributed by atoms with E-state index in [1.165, 1.54) is 12.1 Å². The third-order valence-electron chi connectivity index (χ3n) is 6.10. The summed E-state index contributed by atoms with van der Waals surface area (Å²) in [6, 6.07) is 11.7. The van der Waals surface area contributed by atoms with Crippen molar-refractivity contribution in [3.63, 3.8) is 0 Å². The van der Waals surface area contributed by atoms with Gasteiger partial charge in [0.2, 0.25) is 0 Å². The van der Waals surface area contributed by atoms with Gasteiger partial charge in [0.15, 0.2) is 0 Å². The molecule has 9 heteroatoms. The van der Waals surface area contributed by atoms with Crippen molar-refractivity contribution in [1.29, 1.82) is 0 Å². The van der Waals surface area contributed by atoms with E-state index < -0.39 is 10.0 Å². The molecule has 1 atom stereocenters. The molecule has 2 saturated heterocycles. The Morgan fingerprint density at radius 3 is 2.39 bits per heavy atom. The number of hydrogen-bond acceptors (Lipinski definition) is 5. The summed E-state index contributed by atoms with van der Waals surface area (Å²) in [5, 5.41) is 0. The summed E-state index contributed by atoms with van der Waals surface area (Å²) in [5.41, 5.74) is 2.45. The maximum Gasteiger partial charge on any atom is 0.261 e. The van der Waals surface area contributed by atoms with Gasteiger partial charge in [-0.2, -0.15) is 0 Å². The van der Waals surface area contributed by atoms with Gasteiger partial charge in [-0.1, -0.05) is 18.2 Å². The molecule has 176 valence electrons. The standard InChI is InChI=1S/C24H29N3O5S/c1-17-5-3-6-19(15-17)25-33(30,31)20-9-8-18(2)21(16-20)23(28)26-10-12-27(13-11-26)24(29)22-7-4-14-32-22/h3,5-6,8-9,15-16,22,25H,4,7,10-14H2,1-2H3. The fourth-order valence-corrected chi connectivity index (χ4v) is 5.27. The number of rotatable bonds is 5. The average Bonchev–Trinajstić information content (AvgIpc) is 3.33. The van der Waals surface area contributed by atoms with Gasteiger partial charge in [0.25, 0.3) is 21.8 Å². The van der Waals surface area contributed by atoms with Crippen LogP contribution in [0.25, 0.3) is 0 Å². The van der Waals surface area contributed by atoms with Crippen molar-refractivity contribution in [3.05, 3.63) is 59.2 Å². The second kappa shape index (κ2) is 9.52. The first-order valence-corrected chi connectivity index (χ1v) is 12.6. The fourth-order valence-electron chi connectivity index (χ4n) is 4.20. The molecule has 2 aromatic rings. The number of amides is 2. The van der Waals surface area contributed by atoms with Gasteiger partial charge in [-0.05, 0) is 62.1 Å². The molecule has 2 amide bonds. The molecule has 2 heterocycles. The number of nitrogens with zero attached hydrogens (tertiary/aromatic N) is 2. The minimum atomic E-state index is -3.85. The minimum Gasteiger partial charge on any atom is -0.368 e. The van der Waals surface area contributed by atoms with Crippen molar-refractivity contribution in [2.24, 2.45) is 0 Å². The van der Waals surface area contributed by atoms with E-state index in [2.05, 4.69) is 4.72 Å². The van der Waals surface area contributed by atoms with Crippen LogP contribution in [0.2, 0.25) is 0 Å². The fraction of sp³-hybridized carbons (Fsp3) is 0.417. The van der Waals surface area contributed by atoms with Crippen LogP contribution in [0.1, 0.15) is 34.3 Å². The first kappa shape index (κ1) is 23.3. The zero-order valence-electron chi connectivity index (χ0n) is 18.9. The second-order valence-electron chi connectivity index (χ2n) is 8.57. The Morgan fingerprint density at radius 1 is 1.00 bits per heavy atom. The summed E-state index contributed by atoms with van der Waals surface area (Å²) in [7, 11) is -3.85. The third kappa shape index (κ3) is 5.20. The number of anilines is 1. The Hall–Kier alpha value is -2.91. The van der Waals surface area contributed by atoms with E-state index >= 15 is 0 Å².